The maximum atomic E-state index is 6.49. The zero-order valence-electron chi connectivity index (χ0n) is 8.94. The Labute approximate surface area is 89.8 Å². The van der Waals surface area contributed by atoms with Gasteiger partial charge in [-0.05, 0) is 19.5 Å². The normalized spacial score (nSPS) is 34.4. The van der Waals surface area contributed by atoms with Crippen molar-refractivity contribution in [2.45, 2.75) is 18.1 Å². The smallest absolute Gasteiger partial charge is 0.134 e. The van der Waals surface area contributed by atoms with E-state index in [0.717, 1.165) is 25.3 Å². The van der Waals surface area contributed by atoms with Gasteiger partial charge in [0.05, 0.1) is 5.54 Å². The molecule has 0 unspecified atom stereocenters. The van der Waals surface area contributed by atoms with E-state index < -0.39 is 0 Å². The van der Waals surface area contributed by atoms with Crippen molar-refractivity contribution < 1.29 is 4.74 Å². The predicted octanol–water partition coefficient (Wildman–Crippen LogP) is 0.937. The van der Waals surface area contributed by atoms with E-state index in [0.29, 0.717) is 0 Å². The molecular formula is C12H16N2O. The van der Waals surface area contributed by atoms with Gasteiger partial charge in [-0.3, -0.25) is 0 Å². The van der Waals surface area contributed by atoms with Gasteiger partial charge in [-0.15, -0.1) is 0 Å². The van der Waals surface area contributed by atoms with E-state index in [2.05, 4.69) is 18.0 Å². The lowest BCUT2D eigenvalue weighted by atomic mass is 9.81. The number of likely N-dealkylation sites (N-methyl/N-ethyl adjacent to an activating group) is 1. The zero-order chi connectivity index (χ0) is 10.5. The number of piperidine rings is 1. The second kappa shape index (κ2) is 2.97. The van der Waals surface area contributed by atoms with Gasteiger partial charge in [0, 0.05) is 18.7 Å². The van der Waals surface area contributed by atoms with Gasteiger partial charge >= 0.3 is 0 Å². The summed E-state index contributed by atoms with van der Waals surface area (Å²) in [6.07, 6.45) is 1.10. The maximum absolute atomic E-state index is 6.49. The van der Waals surface area contributed by atoms with Crippen LogP contribution in [0.25, 0.3) is 0 Å². The van der Waals surface area contributed by atoms with E-state index in [1.165, 1.54) is 5.56 Å². The SMILES string of the molecule is CN1CC[C@]2(N)c3ccccc3O[C@@H]2C1. The van der Waals surface area contributed by atoms with E-state index in [9.17, 15) is 0 Å². The molecule has 3 heteroatoms. The number of hydrogen-bond acceptors (Lipinski definition) is 3. The van der Waals surface area contributed by atoms with Crippen molar-refractivity contribution in [1.82, 2.24) is 4.90 Å². The average molecular weight is 204 g/mol. The largest absolute Gasteiger partial charge is 0.486 e. The summed E-state index contributed by atoms with van der Waals surface area (Å²) in [4.78, 5) is 2.28. The van der Waals surface area contributed by atoms with Gasteiger partial charge in [-0.1, -0.05) is 18.2 Å². The Morgan fingerprint density at radius 3 is 3.13 bits per heavy atom. The Balaban J connectivity index is 2.04. The topological polar surface area (TPSA) is 38.5 Å². The van der Waals surface area contributed by atoms with Crippen LogP contribution in [-0.2, 0) is 5.54 Å². The molecule has 1 aromatic carbocycles. The van der Waals surface area contributed by atoms with Crippen LogP contribution in [0.2, 0.25) is 0 Å². The lowest BCUT2D eigenvalue weighted by Crippen LogP contribution is -2.56. The van der Waals surface area contributed by atoms with Crippen molar-refractivity contribution in [2.24, 2.45) is 5.73 Å². The molecule has 1 saturated heterocycles. The Morgan fingerprint density at radius 2 is 2.27 bits per heavy atom. The molecule has 0 radical (unpaired) electrons. The third kappa shape index (κ3) is 1.20. The molecule has 1 aromatic rings. The van der Waals surface area contributed by atoms with Crippen LogP contribution in [0.15, 0.2) is 24.3 Å². The predicted molar refractivity (Wildman–Crippen MR) is 58.8 cm³/mol. The summed E-state index contributed by atoms with van der Waals surface area (Å²) in [5.74, 6) is 0.973. The van der Waals surface area contributed by atoms with Gasteiger partial charge in [0.15, 0.2) is 0 Å². The number of nitrogens with zero attached hydrogens (tertiary/aromatic N) is 1. The minimum absolute atomic E-state index is 0.119. The first-order valence-electron chi connectivity index (χ1n) is 5.44. The van der Waals surface area contributed by atoms with Gasteiger partial charge < -0.3 is 15.4 Å². The minimum Gasteiger partial charge on any atom is -0.486 e. The summed E-state index contributed by atoms with van der Waals surface area (Å²) in [5.41, 5.74) is 7.41. The maximum Gasteiger partial charge on any atom is 0.134 e. The molecule has 0 amide bonds. The Kier molecular flexibility index (Phi) is 1.82. The number of ether oxygens (including phenoxy) is 1. The van der Waals surface area contributed by atoms with Crippen molar-refractivity contribution >= 4 is 0 Å². The number of rotatable bonds is 0. The highest BCUT2D eigenvalue weighted by Gasteiger charge is 2.48. The standard InChI is InChI=1S/C12H16N2O/c1-14-7-6-12(13)9-4-2-3-5-10(9)15-11(12)8-14/h2-5,11H,6-8,13H2,1H3/t11-,12+/m1/s1. The summed E-state index contributed by atoms with van der Waals surface area (Å²) in [6.45, 7) is 1.97. The van der Waals surface area contributed by atoms with E-state index in [4.69, 9.17) is 10.5 Å². The number of nitrogens with two attached hydrogens (primary N) is 1. The van der Waals surface area contributed by atoms with Crippen LogP contribution in [0.1, 0.15) is 12.0 Å². The minimum atomic E-state index is -0.261. The van der Waals surface area contributed by atoms with Crippen molar-refractivity contribution in [3.8, 4) is 5.75 Å². The molecule has 2 heterocycles. The number of benzene rings is 1. The summed E-state index contributed by atoms with van der Waals surface area (Å²) < 4.78 is 5.92. The summed E-state index contributed by atoms with van der Waals surface area (Å²) in [7, 11) is 2.12. The summed E-state index contributed by atoms with van der Waals surface area (Å²) in [6, 6.07) is 8.16. The first-order chi connectivity index (χ1) is 7.20. The van der Waals surface area contributed by atoms with E-state index in [1.807, 2.05) is 18.2 Å². The molecule has 2 aliphatic rings. The lowest BCUT2D eigenvalue weighted by molar-refractivity contribution is 0.0580. The first kappa shape index (κ1) is 9.19. The van der Waals surface area contributed by atoms with Crippen LogP contribution in [0.5, 0.6) is 5.75 Å². The molecule has 0 aliphatic carbocycles. The molecule has 0 saturated carbocycles. The molecule has 2 atom stereocenters. The number of hydrogen-bond donors (Lipinski definition) is 1. The second-order valence-electron chi connectivity index (χ2n) is 4.66. The van der Waals surface area contributed by atoms with Crippen molar-refractivity contribution in [2.75, 3.05) is 20.1 Å². The van der Waals surface area contributed by atoms with Crippen LogP contribution >= 0.6 is 0 Å². The van der Waals surface area contributed by atoms with Gasteiger partial charge in [0.1, 0.15) is 11.9 Å². The zero-order valence-corrected chi connectivity index (χ0v) is 8.94. The molecule has 0 bridgehead atoms. The molecule has 3 nitrogen and oxygen atoms in total. The van der Waals surface area contributed by atoms with Gasteiger partial charge in [0.25, 0.3) is 0 Å². The molecule has 2 N–H and O–H groups in total. The second-order valence-corrected chi connectivity index (χ2v) is 4.66. The number of para-hydroxylation sites is 1. The molecule has 0 aromatic heterocycles. The highest BCUT2D eigenvalue weighted by Crippen LogP contribution is 2.43. The highest BCUT2D eigenvalue weighted by atomic mass is 16.5. The molecule has 3 rings (SSSR count). The quantitative estimate of drug-likeness (QED) is 0.683. The fourth-order valence-electron chi connectivity index (χ4n) is 2.63. The van der Waals surface area contributed by atoms with Crippen molar-refractivity contribution in [1.29, 1.82) is 0 Å². The fourth-order valence-corrected chi connectivity index (χ4v) is 2.63. The van der Waals surface area contributed by atoms with Gasteiger partial charge in [0.2, 0.25) is 0 Å². The molecule has 0 spiro atoms. The van der Waals surface area contributed by atoms with Crippen LogP contribution in [-0.4, -0.2) is 31.1 Å². The van der Waals surface area contributed by atoms with E-state index in [-0.39, 0.29) is 11.6 Å². The molecule has 80 valence electrons. The lowest BCUT2D eigenvalue weighted by Gasteiger charge is -2.38. The molecule has 2 aliphatic heterocycles. The third-order valence-corrected chi connectivity index (χ3v) is 3.62. The van der Waals surface area contributed by atoms with Crippen LogP contribution in [0.3, 0.4) is 0 Å². The Morgan fingerprint density at radius 1 is 1.47 bits per heavy atom. The van der Waals surface area contributed by atoms with E-state index in [1.54, 1.807) is 0 Å². The third-order valence-electron chi connectivity index (χ3n) is 3.62. The number of likely N-dealkylation sites (tertiary alicyclic amines) is 1. The van der Waals surface area contributed by atoms with E-state index >= 15 is 0 Å². The number of fused-ring (bicyclic) bond motifs is 3. The van der Waals surface area contributed by atoms with Crippen LogP contribution in [0.4, 0.5) is 0 Å². The van der Waals surface area contributed by atoms with Crippen LogP contribution in [0, 0.1) is 0 Å². The summed E-state index contributed by atoms with van der Waals surface area (Å²) >= 11 is 0. The highest BCUT2D eigenvalue weighted by molar-refractivity contribution is 5.44. The van der Waals surface area contributed by atoms with Crippen molar-refractivity contribution in [3.63, 3.8) is 0 Å². The molecular weight excluding hydrogens is 188 g/mol. The van der Waals surface area contributed by atoms with Crippen molar-refractivity contribution in [3.05, 3.63) is 29.8 Å². The average Bonchev–Trinajstić information content (AvgIpc) is 2.52. The Bertz CT molecular complexity index is 393. The van der Waals surface area contributed by atoms with Gasteiger partial charge in [-0.2, -0.15) is 0 Å². The molecule has 15 heavy (non-hydrogen) atoms. The summed E-state index contributed by atoms with van der Waals surface area (Å²) in [5, 5.41) is 0. The first-order valence-corrected chi connectivity index (χ1v) is 5.44. The monoisotopic (exact) mass is 204 g/mol. The fraction of sp³-hybridized carbons (Fsp3) is 0.500. The van der Waals surface area contributed by atoms with Gasteiger partial charge in [-0.25, -0.2) is 0 Å². The molecule has 1 fully saturated rings. The van der Waals surface area contributed by atoms with Crippen LogP contribution < -0.4 is 10.5 Å². The Hall–Kier alpha value is -1.06.